The molecule has 98 valence electrons. The van der Waals surface area contributed by atoms with Gasteiger partial charge in [-0.05, 0) is 32.4 Å². The van der Waals surface area contributed by atoms with Crippen LogP contribution in [0.2, 0.25) is 0 Å². The van der Waals surface area contributed by atoms with Gasteiger partial charge < -0.3 is 10.2 Å². The molecule has 0 aliphatic carbocycles. The van der Waals surface area contributed by atoms with E-state index in [1.807, 2.05) is 12.3 Å². The summed E-state index contributed by atoms with van der Waals surface area (Å²) in [4.78, 5) is 6.94. The van der Waals surface area contributed by atoms with Gasteiger partial charge in [-0.1, -0.05) is 25.1 Å². The van der Waals surface area contributed by atoms with Crippen LogP contribution in [0.5, 0.6) is 0 Å². The first kappa shape index (κ1) is 13.1. The first-order valence-corrected chi connectivity index (χ1v) is 6.91. The monoisotopic (exact) mass is 245 g/mol. The third kappa shape index (κ3) is 3.10. The van der Waals surface area contributed by atoms with Gasteiger partial charge in [0, 0.05) is 30.9 Å². The molecule has 0 radical (unpaired) electrons. The largest absolute Gasteiger partial charge is 0.352 e. The van der Waals surface area contributed by atoms with Gasteiger partial charge in [0.05, 0.1) is 0 Å². The molecule has 1 aromatic heterocycles. The van der Waals surface area contributed by atoms with Gasteiger partial charge in [-0.3, -0.25) is 0 Å². The van der Waals surface area contributed by atoms with Gasteiger partial charge in [-0.2, -0.15) is 0 Å². The van der Waals surface area contributed by atoms with Crippen LogP contribution in [0.15, 0.2) is 30.5 Å². The highest BCUT2D eigenvalue weighted by Crippen LogP contribution is 2.24. The minimum absolute atomic E-state index is 0.361. The van der Waals surface area contributed by atoms with Crippen molar-refractivity contribution in [3.63, 3.8) is 0 Å². The van der Waals surface area contributed by atoms with E-state index in [0.29, 0.717) is 6.04 Å². The molecule has 3 nitrogen and oxygen atoms in total. The Bertz CT molecular complexity index is 400. The fourth-order valence-electron chi connectivity index (χ4n) is 2.32. The van der Waals surface area contributed by atoms with E-state index < -0.39 is 0 Å². The van der Waals surface area contributed by atoms with Crippen LogP contribution in [0, 0.1) is 0 Å². The summed E-state index contributed by atoms with van der Waals surface area (Å²) in [5.74, 6) is 1.14. The van der Waals surface area contributed by atoms with Crippen molar-refractivity contribution in [1.82, 2.24) is 10.3 Å². The molecule has 1 aliphatic heterocycles. The lowest BCUT2D eigenvalue weighted by Crippen LogP contribution is -2.30. The number of nitrogens with one attached hydrogen (secondary N) is 1. The van der Waals surface area contributed by atoms with Gasteiger partial charge in [-0.15, -0.1) is 0 Å². The number of rotatable bonds is 5. The van der Waals surface area contributed by atoms with Crippen molar-refractivity contribution in [3.8, 4) is 0 Å². The summed E-state index contributed by atoms with van der Waals surface area (Å²) in [6.45, 7) is 7.51. The lowest BCUT2D eigenvalue weighted by atomic mass is 10.1. The van der Waals surface area contributed by atoms with E-state index in [-0.39, 0.29) is 0 Å². The van der Waals surface area contributed by atoms with Crippen molar-refractivity contribution in [2.45, 2.75) is 32.7 Å². The minimum Gasteiger partial charge on any atom is -0.352 e. The Morgan fingerprint density at radius 2 is 2.33 bits per heavy atom. The summed E-state index contributed by atoms with van der Waals surface area (Å²) in [6.07, 6.45) is 8.65. The predicted molar refractivity (Wildman–Crippen MR) is 76.9 cm³/mol. The van der Waals surface area contributed by atoms with E-state index in [2.05, 4.69) is 47.3 Å². The maximum absolute atomic E-state index is 4.58. The normalized spacial score (nSPS) is 16.9. The second-order valence-corrected chi connectivity index (χ2v) is 4.80. The molecule has 2 rings (SSSR count). The van der Waals surface area contributed by atoms with Crippen molar-refractivity contribution in [2.24, 2.45) is 0 Å². The molecule has 1 N–H and O–H groups in total. The highest BCUT2D eigenvalue weighted by atomic mass is 15.2. The lowest BCUT2D eigenvalue weighted by Gasteiger charge is -2.28. The first-order chi connectivity index (χ1) is 8.83. The van der Waals surface area contributed by atoms with E-state index in [4.69, 9.17) is 0 Å². The third-order valence-electron chi connectivity index (χ3n) is 3.34. The lowest BCUT2D eigenvalue weighted by molar-refractivity contribution is 0.567. The van der Waals surface area contributed by atoms with Crippen molar-refractivity contribution < 1.29 is 0 Å². The van der Waals surface area contributed by atoms with Gasteiger partial charge in [0.25, 0.3) is 0 Å². The second kappa shape index (κ2) is 6.55. The molecule has 0 saturated heterocycles. The SMILES string of the molecule is CCCNC(C)c1cccnc1N1CC=CCC1. The van der Waals surface area contributed by atoms with E-state index in [1.54, 1.807) is 0 Å². The van der Waals surface area contributed by atoms with Crippen LogP contribution in [-0.2, 0) is 0 Å². The number of hydrogen-bond donors (Lipinski definition) is 1. The molecule has 18 heavy (non-hydrogen) atoms. The van der Waals surface area contributed by atoms with Crippen molar-refractivity contribution >= 4 is 5.82 Å². The molecule has 1 aliphatic rings. The summed E-state index contributed by atoms with van der Waals surface area (Å²) in [7, 11) is 0. The summed E-state index contributed by atoms with van der Waals surface area (Å²) in [5.41, 5.74) is 1.31. The van der Waals surface area contributed by atoms with Gasteiger partial charge >= 0.3 is 0 Å². The molecule has 1 unspecified atom stereocenters. The molecule has 0 spiro atoms. The van der Waals surface area contributed by atoms with Gasteiger partial charge in [-0.25, -0.2) is 4.98 Å². The van der Waals surface area contributed by atoms with Gasteiger partial charge in [0.2, 0.25) is 0 Å². The zero-order valence-corrected chi connectivity index (χ0v) is 11.4. The maximum Gasteiger partial charge on any atom is 0.133 e. The number of anilines is 1. The number of hydrogen-bond acceptors (Lipinski definition) is 3. The van der Waals surface area contributed by atoms with Crippen molar-refractivity contribution in [2.75, 3.05) is 24.5 Å². The Balaban J connectivity index is 2.16. The van der Waals surface area contributed by atoms with Crippen LogP contribution < -0.4 is 10.2 Å². The van der Waals surface area contributed by atoms with Crippen LogP contribution in [0.1, 0.15) is 38.3 Å². The summed E-state index contributed by atoms with van der Waals surface area (Å²) in [5, 5.41) is 3.54. The Morgan fingerprint density at radius 1 is 1.44 bits per heavy atom. The van der Waals surface area contributed by atoms with Crippen LogP contribution in [-0.4, -0.2) is 24.6 Å². The fraction of sp³-hybridized carbons (Fsp3) is 0.533. The average Bonchev–Trinajstić information content (AvgIpc) is 2.45. The molecule has 0 aromatic carbocycles. The second-order valence-electron chi connectivity index (χ2n) is 4.80. The fourth-order valence-corrected chi connectivity index (χ4v) is 2.32. The van der Waals surface area contributed by atoms with Gasteiger partial charge in [0.15, 0.2) is 0 Å². The van der Waals surface area contributed by atoms with Crippen molar-refractivity contribution in [3.05, 3.63) is 36.0 Å². The van der Waals surface area contributed by atoms with Gasteiger partial charge in [0.1, 0.15) is 5.82 Å². The maximum atomic E-state index is 4.58. The standard InChI is InChI=1S/C15H23N3/c1-3-9-16-13(2)14-8-7-10-17-15(14)18-11-5-4-6-12-18/h4-5,7-8,10,13,16H,3,6,9,11-12H2,1-2H3. The molecule has 0 bridgehead atoms. The summed E-state index contributed by atoms with van der Waals surface area (Å²) >= 11 is 0. The Kier molecular flexibility index (Phi) is 4.76. The molecule has 0 saturated carbocycles. The molecule has 1 atom stereocenters. The highest BCUT2D eigenvalue weighted by molar-refractivity contribution is 5.49. The van der Waals surface area contributed by atoms with Crippen molar-refractivity contribution in [1.29, 1.82) is 0 Å². The number of nitrogens with zero attached hydrogens (tertiary/aromatic N) is 2. The molecule has 0 fully saturated rings. The van der Waals surface area contributed by atoms with E-state index in [0.717, 1.165) is 38.3 Å². The Morgan fingerprint density at radius 3 is 3.06 bits per heavy atom. The van der Waals surface area contributed by atoms with E-state index >= 15 is 0 Å². The topological polar surface area (TPSA) is 28.2 Å². The van der Waals surface area contributed by atoms with Crippen LogP contribution >= 0.6 is 0 Å². The quantitative estimate of drug-likeness (QED) is 0.808. The average molecular weight is 245 g/mol. The third-order valence-corrected chi connectivity index (χ3v) is 3.34. The summed E-state index contributed by atoms with van der Waals surface area (Å²) in [6, 6.07) is 4.58. The molecule has 0 amide bonds. The zero-order chi connectivity index (χ0) is 12.8. The van der Waals surface area contributed by atoms with E-state index in [1.165, 1.54) is 5.56 Å². The van der Waals surface area contributed by atoms with E-state index in [9.17, 15) is 0 Å². The predicted octanol–water partition coefficient (Wildman–Crippen LogP) is 2.91. The Hall–Kier alpha value is -1.35. The van der Waals surface area contributed by atoms with Crippen LogP contribution in [0.25, 0.3) is 0 Å². The number of aromatic nitrogens is 1. The first-order valence-electron chi connectivity index (χ1n) is 6.91. The Labute approximate surface area is 110 Å². The molecule has 1 aromatic rings. The molecule has 3 heteroatoms. The minimum atomic E-state index is 0.361. The molecular formula is C15H23N3. The van der Waals surface area contributed by atoms with Crippen LogP contribution in [0.3, 0.4) is 0 Å². The van der Waals surface area contributed by atoms with Crippen LogP contribution in [0.4, 0.5) is 5.82 Å². The highest BCUT2D eigenvalue weighted by Gasteiger charge is 2.16. The zero-order valence-electron chi connectivity index (χ0n) is 11.4. The smallest absolute Gasteiger partial charge is 0.133 e. The molecular weight excluding hydrogens is 222 g/mol. The number of pyridine rings is 1. The summed E-state index contributed by atoms with van der Waals surface area (Å²) < 4.78 is 0. The molecule has 2 heterocycles.